The maximum atomic E-state index is 12.8. The summed E-state index contributed by atoms with van der Waals surface area (Å²) in [6, 6.07) is 7.40. The number of hydrogen-bond donors (Lipinski definition) is 0. The smallest absolute Gasteiger partial charge is 0.257 e. The molecule has 0 radical (unpaired) electrons. The van der Waals surface area contributed by atoms with E-state index < -0.39 is 0 Å². The molecule has 0 unspecified atom stereocenters. The molecular formula is C20H26N4O2. The first-order valence-electron chi connectivity index (χ1n) is 8.97. The summed E-state index contributed by atoms with van der Waals surface area (Å²) in [6.07, 6.45) is 5.32. The number of benzene rings is 1. The van der Waals surface area contributed by atoms with Crippen LogP contribution < -0.4 is 4.74 Å². The summed E-state index contributed by atoms with van der Waals surface area (Å²) < 4.78 is 5.33. The lowest BCUT2D eigenvalue weighted by Crippen LogP contribution is -2.38. The van der Waals surface area contributed by atoms with Crippen LogP contribution in [-0.2, 0) is 6.54 Å². The fourth-order valence-corrected chi connectivity index (χ4v) is 3.49. The average molecular weight is 354 g/mol. The molecule has 1 fully saturated rings. The molecule has 2 aromatic rings. The van der Waals surface area contributed by atoms with Gasteiger partial charge < -0.3 is 14.5 Å². The number of amides is 1. The molecule has 0 saturated carbocycles. The van der Waals surface area contributed by atoms with Crippen LogP contribution in [0.4, 0.5) is 0 Å². The van der Waals surface area contributed by atoms with Crippen molar-refractivity contribution in [3.05, 3.63) is 53.6 Å². The molecule has 1 amide bonds. The number of piperidine rings is 1. The molecule has 2 heterocycles. The Labute approximate surface area is 154 Å². The van der Waals surface area contributed by atoms with Crippen LogP contribution in [0.2, 0.25) is 0 Å². The Morgan fingerprint density at radius 3 is 2.58 bits per heavy atom. The number of ether oxygens (including phenoxy) is 1. The lowest BCUT2D eigenvalue weighted by Gasteiger charge is -2.32. The van der Waals surface area contributed by atoms with Gasteiger partial charge in [-0.15, -0.1) is 0 Å². The van der Waals surface area contributed by atoms with E-state index in [-0.39, 0.29) is 5.91 Å². The standard InChI is InChI=1S/C20H26N4O2/c1-23(2)14-17-19(22-11-10-21-17)15-8-12-24(13-9-15)20(25)16-6-4-5-7-18(16)26-3/h4-7,10-11,15H,8-9,12-14H2,1-3H3. The van der Waals surface area contributed by atoms with Crippen molar-refractivity contribution in [1.29, 1.82) is 0 Å². The lowest BCUT2D eigenvalue weighted by atomic mass is 9.91. The molecule has 1 aliphatic rings. The number of hydrogen-bond acceptors (Lipinski definition) is 5. The van der Waals surface area contributed by atoms with Crippen molar-refractivity contribution in [2.45, 2.75) is 25.3 Å². The summed E-state index contributed by atoms with van der Waals surface area (Å²) in [5.74, 6) is 1.01. The Bertz CT molecular complexity index is 755. The Morgan fingerprint density at radius 2 is 1.88 bits per heavy atom. The highest BCUT2D eigenvalue weighted by Gasteiger charge is 2.28. The second-order valence-corrected chi connectivity index (χ2v) is 6.89. The molecule has 6 nitrogen and oxygen atoms in total. The number of likely N-dealkylation sites (tertiary alicyclic amines) is 1. The van der Waals surface area contributed by atoms with E-state index in [2.05, 4.69) is 14.9 Å². The molecule has 0 N–H and O–H groups in total. The van der Waals surface area contributed by atoms with E-state index in [1.807, 2.05) is 43.3 Å². The van der Waals surface area contributed by atoms with Crippen molar-refractivity contribution >= 4 is 5.91 Å². The van der Waals surface area contributed by atoms with E-state index in [9.17, 15) is 4.79 Å². The minimum atomic E-state index is 0.0357. The van der Waals surface area contributed by atoms with Gasteiger partial charge in [0, 0.05) is 37.9 Å². The van der Waals surface area contributed by atoms with Crippen molar-refractivity contribution in [2.75, 3.05) is 34.3 Å². The van der Waals surface area contributed by atoms with Gasteiger partial charge in [-0.2, -0.15) is 0 Å². The summed E-state index contributed by atoms with van der Waals surface area (Å²) in [5.41, 5.74) is 2.74. The van der Waals surface area contributed by atoms with Crippen LogP contribution in [0.5, 0.6) is 5.75 Å². The lowest BCUT2D eigenvalue weighted by molar-refractivity contribution is 0.0708. The molecule has 6 heteroatoms. The molecule has 138 valence electrons. The number of rotatable bonds is 5. The molecule has 3 rings (SSSR count). The predicted octanol–water partition coefficient (Wildman–Crippen LogP) is 2.57. The van der Waals surface area contributed by atoms with Crippen LogP contribution in [0.15, 0.2) is 36.7 Å². The first-order valence-corrected chi connectivity index (χ1v) is 8.97. The van der Waals surface area contributed by atoms with Gasteiger partial charge >= 0.3 is 0 Å². The fraction of sp³-hybridized carbons (Fsp3) is 0.450. The molecule has 0 aliphatic carbocycles. The van der Waals surface area contributed by atoms with Gasteiger partial charge in [-0.1, -0.05) is 12.1 Å². The number of carbonyl (C=O) groups excluding carboxylic acids is 1. The maximum absolute atomic E-state index is 12.8. The number of aromatic nitrogens is 2. The van der Waals surface area contributed by atoms with Crippen LogP contribution in [0.3, 0.4) is 0 Å². The highest BCUT2D eigenvalue weighted by atomic mass is 16.5. The number of para-hydroxylation sites is 1. The maximum Gasteiger partial charge on any atom is 0.257 e. The van der Waals surface area contributed by atoms with E-state index in [0.717, 1.165) is 43.9 Å². The summed E-state index contributed by atoms with van der Waals surface area (Å²) in [5, 5.41) is 0. The minimum Gasteiger partial charge on any atom is -0.496 e. The monoisotopic (exact) mass is 354 g/mol. The van der Waals surface area contributed by atoms with Crippen molar-refractivity contribution in [1.82, 2.24) is 19.8 Å². The Hall–Kier alpha value is -2.47. The van der Waals surface area contributed by atoms with Crippen LogP contribution in [0.25, 0.3) is 0 Å². The zero-order chi connectivity index (χ0) is 18.5. The highest BCUT2D eigenvalue weighted by molar-refractivity contribution is 5.97. The van der Waals surface area contributed by atoms with Gasteiger partial charge in [0.05, 0.1) is 24.1 Å². The topological polar surface area (TPSA) is 58.6 Å². The Morgan fingerprint density at radius 1 is 1.19 bits per heavy atom. The molecule has 0 spiro atoms. The van der Waals surface area contributed by atoms with Gasteiger partial charge in [-0.25, -0.2) is 0 Å². The van der Waals surface area contributed by atoms with Crippen LogP contribution in [0.1, 0.15) is 40.5 Å². The predicted molar refractivity (Wildman–Crippen MR) is 100 cm³/mol. The van der Waals surface area contributed by atoms with Crippen LogP contribution in [-0.4, -0.2) is 60.0 Å². The van der Waals surface area contributed by atoms with E-state index in [4.69, 9.17) is 4.74 Å². The van der Waals surface area contributed by atoms with E-state index in [1.54, 1.807) is 19.5 Å². The van der Waals surface area contributed by atoms with Crippen molar-refractivity contribution < 1.29 is 9.53 Å². The van der Waals surface area contributed by atoms with Gasteiger partial charge in [0.15, 0.2) is 0 Å². The molecular weight excluding hydrogens is 328 g/mol. The third kappa shape index (κ3) is 4.02. The molecule has 0 bridgehead atoms. The van der Waals surface area contributed by atoms with Crippen LogP contribution >= 0.6 is 0 Å². The van der Waals surface area contributed by atoms with Gasteiger partial charge in [-0.3, -0.25) is 14.8 Å². The molecule has 1 aromatic carbocycles. The highest BCUT2D eigenvalue weighted by Crippen LogP contribution is 2.30. The molecule has 0 atom stereocenters. The van der Waals surface area contributed by atoms with Crippen molar-refractivity contribution in [3.63, 3.8) is 0 Å². The minimum absolute atomic E-state index is 0.0357. The summed E-state index contributed by atoms with van der Waals surface area (Å²) >= 11 is 0. The van der Waals surface area contributed by atoms with Gasteiger partial charge in [0.2, 0.25) is 0 Å². The number of methoxy groups -OCH3 is 1. The fourth-order valence-electron chi connectivity index (χ4n) is 3.49. The molecule has 26 heavy (non-hydrogen) atoms. The first kappa shape index (κ1) is 18.3. The zero-order valence-corrected chi connectivity index (χ0v) is 15.7. The summed E-state index contributed by atoms with van der Waals surface area (Å²) in [6.45, 7) is 2.22. The zero-order valence-electron chi connectivity index (χ0n) is 15.7. The summed E-state index contributed by atoms with van der Waals surface area (Å²) in [7, 11) is 5.67. The van der Waals surface area contributed by atoms with E-state index in [0.29, 0.717) is 17.2 Å². The second kappa shape index (κ2) is 8.27. The van der Waals surface area contributed by atoms with Gasteiger partial charge in [0.1, 0.15) is 5.75 Å². The first-order chi connectivity index (χ1) is 12.6. The number of carbonyl (C=O) groups is 1. The molecule has 1 aliphatic heterocycles. The largest absolute Gasteiger partial charge is 0.496 e. The van der Waals surface area contributed by atoms with Gasteiger partial charge in [0.25, 0.3) is 5.91 Å². The van der Waals surface area contributed by atoms with Gasteiger partial charge in [-0.05, 0) is 39.1 Å². The van der Waals surface area contributed by atoms with E-state index >= 15 is 0 Å². The van der Waals surface area contributed by atoms with Crippen molar-refractivity contribution in [3.8, 4) is 5.75 Å². The Kier molecular flexibility index (Phi) is 5.83. The third-order valence-corrected chi connectivity index (χ3v) is 4.78. The SMILES string of the molecule is COc1ccccc1C(=O)N1CCC(c2nccnc2CN(C)C)CC1. The van der Waals surface area contributed by atoms with Crippen molar-refractivity contribution in [2.24, 2.45) is 0 Å². The Balaban J connectivity index is 1.69. The second-order valence-electron chi connectivity index (χ2n) is 6.89. The molecule has 1 aromatic heterocycles. The average Bonchev–Trinajstić information content (AvgIpc) is 2.67. The number of nitrogens with zero attached hydrogens (tertiary/aromatic N) is 4. The van der Waals surface area contributed by atoms with Crippen LogP contribution in [0, 0.1) is 0 Å². The normalized spacial score (nSPS) is 15.3. The quantitative estimate of drug-likeness (QED) is 0.826. The van der Waals surface area contributed by atoms with E-state index in [1.165, 1.54) is 0 Å². The third-order valence-electron chi connectivity index (χ3n) is 4.78. The summed E-state index contributed by atoms with van der Waals surface area (Å²) in [4.78, 5) is 26.0. The molecule has 1 saturated heterocycles.